The summed E-state index contributed by atoms with van der Waals surface area (Å²) in [7, 11) is 0. The Morgan fingerprint density at radius 2 is 1.90 bits per heavy atom. The fourth-order valence-corrected chi connectivity index (χ4v) is 1.90. The number of rotatable bonds is 1. The van der Waals surface area contributed by atoms with Crippen LogP contribution in [0.4, 0.5) is 23.2 Å². The monoisotopic (exact) mass is 296 g/mol. The average Bonchev–Trinajstić information content (AvgIpc) is 2.83. The lowest BCUT2D eigenvalue weighted by atomic mass is 10.1. The first-order valence-corrected chi connectivity index (χ1v) is 5.82. The van der Waals surface area contributed by atoms with Gasteiger partial charge in [-0.2, -0.15) is 13.2 Å². The van der Waals surface area contributed by atoms with Gasteiger partial charge in [-0.1, -0.05) is 0 Å². The van der Waals surface area contributed by atoms with Crippen molar-refractivity contribution in [3.8, 4) is 11.3 Å². The second-order valence-corrected chi connectivity index (χ2v) is 4.41. The van der Waals surface area contributed by atoms with Crippen molar-refractivity contribution in [2.75, 3.05) is 5.73 Å². The standard InChI is InChI=1S/C13H8F4N4/c14-10-2-1-8(18)3-9(10)11-6-21-5-7(13(15,16)17)4-19-12(21)20-11/h1-6H,18H2. The lowest BCUT2D eigenvalue weighted by molar-refractivity contribution is -0.138. The van der Waals surface area contributed by atoms with Crippen LogP contribution in [0.3, 0.4) is 0 Å². The van der Waals surface area contributed by atoms with Gasteiger partial charge < -0.3 is 5.73 Å². The third kappa shape index (κ3) is 2.39. The number of aromatic nitrogens is 3. The maximum Gasteiger partial charge on any atom is 0.419 e. The first-order valence-electron chi connectivity index (χ1n) is 5.82. The summed E-state index contributed by atoms with van der Waals surface area (Å²) in [5, 5.41) is 0. The largest absolute Gasteiger partial charge is 0.419 e. The predicted molar refractivity (Wildman–Crippen MR) is 67.8 cm³/mol. The summed E-state index contributed by atoms with van der Waals surface area (Å²) in [5.41, 5.74) is 5.26. The summed E-state index contributed by atoms with van der Waals surface area (Å²) < 4.78 is 52.7. The zero-order valence-electron chi connectivity index (χ0n) is 10.4. The van der Waals surface area contributed by atoms with Crippen molar-refractivity contribution in [3.05, 3.63) is 48.2 Å². The molecule has 21 heavy (non-hydrogen) atoms. The van der Waals surface area contributed by atoms with Gasteiger partial charge in [0.15, 0.2) is 0 Å². The van der Waals surface area contributed by atoms with Gasteiger partial charge in [0.1, 0.15) is 5.82 Å². The van der Waals surface area contributed by atoms with Crippen LogP contribution in [0.5, 0.6) is 0 Å². The lowest BCUT2D eigenvalue weighted by Gasteiger charge is -2.05. The molecule has 0 radical (unpaired) electrons. The molecule has 0 fully saturated rings. The van der Waals surface area contributed by atoms with Gasteiger partial charge >= 0.3 is 6.18 Å². The smallest absolute Gasteiger partial charge is 0.399 e. The van der Waals surface area contributed by atoms with Crippen molar-refractivity contribution in [3.63, 3.8) is 0 Å². The number of nitrogens with two attached hydrogens (primary N) is 1. The number of hydrogen-bond acceptors (Lipinski definition) is 3. The van der Waals surface area contributed by atoms with Crippen molar-refractivity contribution in [1.82, 2.24) is 14.4 Å². The minimum atomic E-state index is -4.51. The number of nitrogen functional groups attached to an aromatic ring is 1. The van der Waals surface area contributed by atoms with Crippen molar-refractivity contribution in [2.24, 2.45) is 0 Å². The number of alkyl halides is 3. The second-order valence-electron chi connectivity index (χ2n) is 4.41. The molecule has 4 nitrogen and oxygen atoms in total. The molecule has 0 aliphatic heterocycles. The van der Waals surface area contributed by atoms with Crippen LogP contribution in [0.1, 0.15) is 5.56 Å². The Hall–Kier alpha value is -2.64. The Balaban J connectivity index is 2.15. The summed E-state index contributed by atoms with van der Waals surface area (Å²) in [5.74, 6) is -0.525. The maximum atomic E-state index is 13.7. The Kier molecular flexibility index (Phi) is 2.82. The first-order chi connectivity index (χ1) is 9.84. The van der Waals surface area contributed by atoms with Gasteiger partial charge in [-0.05, 0) is 18.2 Å². The molecule has 0 aliphatic carbocycles. The molecule has 0 spiro atoms. The molecule has 0 unspecified atom stereocenters. The van der Waals surface area contributed by atoms with E-state index in [4.69, 9.17) is 5.73 Å². The molecule has 0 atom stereocenters. The van der Waals surface area contributed by atoms with E-state index in [1.807, 2.05) is 0 Å². The summed E-state index contributed by atoms with van der Waals surface area (Å²) in [6.45, 7) is 0. The highest BCUT2D eigenvalue weighted by atomic mass is 19.4. The normalized spacial score (nSPS) is 12.0. The highest BCUT2D eigenvalue weighted by Gasteiger charge is 2.31. The van der Waals surface area contributed by atoms with Crippen LogP contribution in [-0.4, -0.2) is 14.4 Å². The summed E-state index contributed by atoms with van der Waals surface area (Å²) in [4.78, 5) is 7.62. The van der Waals surface area contributed by atoms with E-state index in [0.29, 0.717) is 11.9 Å². The summed E-state index contributed by atoms with van der Waals surface area (Å²) in [6, 6.07) is 3.92. The number of hydrogen-bond donors (Lipinski definition) is 1. The van der Waals surface area contributed by atoms with E-state index in [2.05, 4.69) is 9.97 Å². The lowest BCUT2D eigenvalue weighted by Crippen LogP contribution is -2.07. The third-order valence-corrected chi connectivity index (χ3v) is 2.90. The SMILES string of the molecule is Nc1ccc(F)c(-c2cn3cc(C(F)(F)F)cnc3n2)c1. The molecule has 2 heterocycles. The molecule has 2 N–H and O–H groups in total. The molecular formula is C13H8F4N4. The highest BCUT2D eigenvalue weighted by Crippen LogP contribution is 2.29. The van der Waals surface area contributed by atoms with Gasteiger partial charge in [-0.25, -0.2) is 14.4 Å². The number of imidazole rings is 1. The second kappa shape index (κ2) is 4.44. The van der Waals surface area contributed by atoms with Crippen LogP contribution in [-0.2, 0) is 6.18 Å². The quantitative estimate of drug-likeness (QED) is 0.554. The average molecular weight is 296 g/mol. The molecule has 0 saturated carbocycles. The van der Waals surface area contributed by atoms with Crippen LogP contribution >= 0.6 is 0 Å². The van der Waals surface area contributed by atoms with Crippen molar-refractivity contribution >= 4 is 11.5 Å². The van der Waals surface area contributed by atoms with Gasteiger partial charge in [-0.3, -0.25) is 4.40 Å². The van der Waals surface area contributed by atoms with E-state index < -0.39 is 17.6 Å². The van der Waals surface area contributed by atoms with Crippen molar-refractivity contribution in [2.45, 2.75) is 6.18 Å². The van der Waals surface area contributed by atoms with Gasteiger partial charge in [0.05, 0.1) is 11.3 Å². The third-order valence-electron chi connectivity index (χ3n) is 2.90. The molecule has 2 aromatic heterocycles. The van der Waals surface area contributed by atoms with E-state index in [1.165, 1.54) is 24.4 Å². The molecule has 3 aromatic rings. The zero-order valence-corrected chi connectivity index (χ0v) is 10.4. The van der Waals surface area contributed by atoms with Crippen molar-refractivity contribution in [1.29, 1.82) is 0 Å². The Morgan fingerprint density at radius 3 is 2.62 bits per heavy atom. The van der Waals surface area contributed by atoms with Gasteiger partial charge in [-0.15, -0.1) is 0 Å². The fourth-order valence-electron chi connectivity index (χ4n) is 1.90. The molecule has 1 aromatic carbocycles. The van der Waals surface area contributed by atoms with E-state index in [9.17, 15) is 17.6 Å². The number of halogens is 4. The molecule has 108 valence electrons. The molecule has 8 heteroatoms. The van der Waals surface area contributed by atoms with Gasteiger partial charge in [0, 0.05) is 29.8 Å². The first kappa shape index (κ1) is 13.3. The summed E-state index contributed by atoms with van der Waals surface area (Å²) in [6.07, 6.45) is -1.70. The number of fused-ring (bicyclic) bond motifs is 1. The molecular weight excluding hydrogens is 288 g/mol. The van der Waals surface area contributed by atoms with E-state index >= 15 is 0 Å². The Morgan fingerprint density at radius 1 is 1.14 bits per heavy atom. The van der Waals surface area contributed by atoms with Crippen LogP contribution < -0.4 is 5.73 Å². The van der Waals surface area contributed by atoms with Crippen LogP contribution in [0, 0.1) is 5.82 Å². The Bertz CT molecular complexity index is 823. The van der Waals surface area contributed by atoms with Crippen LogP contribution in [0.15, 0.2) is 36.8 Å². The van der Waals surface area contributed by atoms with Crippen LogP contribution in [0.25, 0.3) is 17.0 Å². The topological polar surface area (TPSA) is 56.2 Å². The van der Waals surface area contributed by atoms with Gasteiger partial charge in [0.25, 0.3) is 0 Å². The maximum absolute atomic E-state index is 13.7. The molecule has 0 saturated heterocycles. The minimum absolute atomic E-state index is 0.0415. The fraction of sp³-hybridized carbons (Fsp3) is 0.0769. The van der Waals surface area contributed by atoms with E-state index in [-0.39, 0.29) is 17.0 Å². The molecule has 0 bridgehead atoms. The van der Waals surface area contributed by atoms with E-state index in [1.54, 1.807) is 0 Å². The Labute approximate surface area is 115 Å². The number of benzene rings is 1. The molecule has 0 amide bonds. The molecule has 3 rings (SSSR count). The highest BCUT2D eigenvalue weighted by molar-refractivity contribution is 5.66. The summed E-state index contributed by atoms with van der Waals surface area (Å²) >= 11 is 0. The van der Waals surface area contributed by atoms with E-state index in [0.717, 1.165) is 10.6 Å². The van der Waals surface area contributed by atoms with Gasteiger partial charge in [0.2, 0.25) is 5.78 Å². The number of anilines is 1. The molecule has 0 aliphatic rings. The predicted octanol–water partition coefficient (Wildman–Crippen LogP) is 3.14. The van der Waals surface area contributed by atoms with Crippen LogP contribution in [0.2, 0.25) is 0 Å². The van der Waals surface area contributed by atoms with Crippen molar-refractivity contribution < 1.29 is 17.6 Å². The number of nitrogens with zero attached hydrogens (tertiary/aromatic N) is 3. The zero-order chi connectivity index (χ0) is 15.2. The minimum Gasteiger partial charge on any atom is -0.399 e.